The van der Waals surface area contributed by atoms with E-state index in [4.69, 9.17) is 4.99 Å². The summed E-state index contributed by atoms with van der Waals surface area (Å²) in [6.45, 7) is 17.0. The number of hydrogen-bond donors (Lipinski definition) is 1. The van der Waals surface area contributed by atoms with E-state index in [0.717, 1.165) is 61.0 Å². The number of phenolic OH excluding ortho intramolecular Hbond substituents is 1. The van der Waals surface area contributed by atoms with Crippen LogP contribution in [-0.2, 0) is 6.42 Å². The summed E-state index contributed by atoms with van der Waals surface area (Å²) in [5.74, 6) is 5.35. The number of aliphatic imine (C=N–C) groups is 1. The minimum Gasteiger partial charge on any atom is -0.508 e. The van der Waals surface area contributed by atoms with E-state index < -0.39 is 0 Å². The molecule has 11 rings (SSSR count). The first-order valence-corrected chi connectivity index (χ1v) is 24.0. The zero-order chi connectivity index (χ0) is 42.1. The summed E-state index contributed by atoms with van der Waals surface area (Å²) in [5.41, 5.74) is 12.9. The second-order valence-corrected chi connectivity index (χ2v) is 20.3. The summed E-state index contributed by atoms with van der Waals surface area (Å²) in [6.07, 6.45) is 6.16. The second-order valence-electron chi connectivity index (χ2n) is 19.1. The van der Waals surface area contributed by atoms with Crippen LogP contribution in [0.15, 0.2) is 102 Å². The van der Waals surface area contributed by atoms with Crippen LogP contribution in [0.5, 0.6) is 5.75 Å². The first-order chi connectivity index (χ1) is 30.2. The molecule has 0 amide bonds. The van der Waals surface area contributed by atoms with Crippen molar-refractivity contribution in [2.24, 2.45) is 22.7 Å². The molecule has 1 aliphatic carbocycles. The number of likely N-dealkylation sites (tertiary alicyclic amines) is 1. The van der Waals surface area contributed by atoms with Gasteiger partial charge in [-0.2, -0.15) is 0 Å². The standard InChI is InChI=1S/C53H59N7OS/c1-33-35(3)62-53-49(33)51(54-34(2)52-56-55-36(4)60(52)53)42-12-17-45(18-13-42)59-31-39(32-59)28-57-24-22-37(23-25-57)26-38-29-58(30-38)44-15-10-41(11-16-44)50-47(40-8-6-5-7-9-40)20-14-43-27-46(61)19-21-48(43)50/h5-13,15-19,21,27,34,37-39,47,50,61H,14,20,22-26,28-32H2,1-4H3/t34-,47+,50-/m0/s1. The highest BCUT2D eigenvalue weighted by atomic mass is 32.1. The largest absolute Gasteiger partial charge is 0.508 e. The van der Waals surface area contributed by atoms with Gasteiger partial charge in [-0.3, -0.25) is 9.56 Å². The molecule has 0 spiro atoms. The number of phenols is 1. The number of aromatic hydroxyl groups is 1. The minimum atomic E-state index is -0.0658. The molecule has 2 aromatic heterocycles. The number of fused-ring (bicyclic) bond motifs is 4. The first-order valence-electron chi connectivity index (χ1n) is 23.1. The van der Waals surface area contributed by atoms with Crippen molar-refractivity contribution in [1.82, 2.24) is 19.7 Å². The Bertz CT molecular complexity index is 2590. The molecule has 9 heteroatoms. The number of aryl methyl sites for hydroxylation is 3. The molecule has 3 atom stereocenters. The molecular formula is C53H59N7OS. The highest BCUT2D eigenvalue weighted by molar-refractivity contribution is 7.15. The van der Waals surface area contributed by atoms with Crippen molar-refractivity contribution in [3.63, 3.8) is 0 Å². The van der Waals surface area contributed by atoms with Gasteiger partial charge in [-0.25, -0.2) is 0 Å². The van der Waals surface area contributed by atoms with Crippen LogP contribution in [-0.4, -0.2) is 76.3 Å². The quantitative estimate of drug-likeness (QED) is 0.156. The lowest BCUT2D eigenvalue weighted by atomic mass is 9.69. The van der Waals surface area contributed by atoms with Crippen LogP contribution in [0.1, 0.15) is 106 Å². The zero-order valence-electron chi connectivity index (χ0n) is 36.7. The lowest BCUT2D eigenvalue weighted by Gasteiger charge is -2.46. The molecule has 6 aromatic rings. The monoisotopic (exact) mass is 841 g/mol. The van der Waals surface area contributed by atoms with Gasteiger partial charge < -0.3 is 19.8 Å². The molecule has 4 aliphatic heterocycles. The van der Waals surface area contributed by atoms with Gasteiger partial charge in [0, 0.05) is 71.9 Å². The topological polar surface area (TPSA) is 73.0 Å². The van der Waals surface area contributed by atoms with Gasteiger partial charge in [-0.1, -0.05) is 60.7 Å². The van der Waals surface area contributed by atoms with E-state index >= 15 is 0 Å². The molecule has 8 nitrogen and oxygen atoms in total. The van der Waals surface area contributed by atoms with Crippen molar-refractivity contribution in [3.8, 4) is 10.8 Å². The molecule has 3 saturated heterocycles. The number of piperidine rings is 1. The third-order valence-corrected chi connectivity index (χ3v) is 16.3. The maximum atomic E-state index is 10.2. The van der Waals surface area contributed by atoms with Crippen molar-refractivity contribution in [1.29, 1.82) is 0 Å². The predicted octanol–water partition coefficient (Wildman–Crippen LogP) is 10.4. The van der Waals surface area contributed by atoms with E-state index in [2.05, 4.69) is 135 Å². The second kappa shape index (κ2) is 16.1. The maximum Gasteiger partial charge on any atom is 0.162 e. The first kappa shape index (κ1) is 39.6. The van der Waals surface area contributed by atoms with Gasteiger partial charge in [0.1, 0.15) is 22.6 Å². The lowest BCUT2D eigenvalue weighted by molar-refractivity contribution is 0.134. The number of hydrogen-bond acceptors (Lipinski definition) is 8. The fourth-order valence-electron chi connectivity index (χ4n) is 11.5. The van der Waals surface area contributed by atoms with E-state index in [9.17, 15) is 5.11 Å². The van der Waals surface area contributed by atoms with E-state index in [0.29, 0.717) is 17.6 Å². The van der Waals surface area contributed by atoms with Crippen LogP contribution in [0.2, 0.25) is 0 Å². The summed E-state index contributed by atoms with van der Waals surface area (Å²) in [4.78, 5) is 14.5. The normalized spacial score (nSPS) is 22.0. The Morgan fingerprint density at radius 3 is 2.15 bits per heavy atom. The van der Waals surface area contributed by atoms with Gasteiger partial charge in [-0.15, -0.1) is 21.5 Å². The van der Waals surface area contributed by atoms with Gasteiger partial charge >= 0.3 is 0 Å². The van der Waals surface area contributed by atoms with E-state index in [1.807, 2.05) is 30.4 Å². The fraction of sp³-hybridized carbons (Fsp3) is 0.415. The summed E-state index contributed by atoms with van der Waals surface area (Å²) in [5, 5.41) is 20.4. The number of thiophene rings is 1. The fourth-order valence-corrected chi connectivity index (χ4v) is 12.8. The van der Waals surface area contributed by atoms with Crippen LogP contribution in [0.25, 0.3) is 5.00 Å². The summed E-state index contributed by atoms with van der Waals surface area (Å²) < 4.78 is 2.22. The Balaban J connectivity index is 0.647. The summed E-state index contributed by atoms with van der Waals surface area (Å²) in [7, 11) is 0. The molecule has 4 aromatic carbocycles. The Kier molecular flexibility index (Phi) is 10.3. The predicted molar refractivity (Wildman–Crippen MR) is 253 cm³/mol. The lowest BCUT2D eigenvalue weighted by Crippen LogP contribution is -2.53. The Morgan fingerprint density at radius 2 is 1.42 bits per heavy atom. The number of aromatic nitrogens is 3. The van der Waals surface area contributed by atoms with Crippen LogP contribution in [0, 0.1) is 38.5 Å². The molecule has 6 heterocycles. The molecule has 1 N–H and O–H groups in total. The molecule has 5 aliphatic rings. The Hall–Kier alpha value is -5.25. The molecule has 0 unspecified atom stereocenters. The van der Waals surface area contributed by atoms with E-state index in [1.165, 1.54) is 112 Å². The minimum absolute atomic E-state index is 0.0658. The van der Waals surface area contributed by atoms with Gasteiger partial charge in [0.15, 0.2) is 5.82 Å². The van der Waals surface area contributed by atoms with Crippen molar-refractivity contribution >= 4 is 28.4 Å². The SMILES string of the molecule is Cc1sc2c(c1C)C(c1ccc(N3CC(CN4CCC(CC5CN(c6ccc([C@@H]7c8ccc(O)cc8CC[C@@H]7c7ccccc7)cc6)C5)CC4)C3)cc1)=N[C@@H](C)c1nnc(C)n1-2. The number of nitrogens with zero attached hydrogens (tertiary/aromatic N) is 7. The van der Waals surface area contributed by atoms with Gasteiger partial charge in [0.2, 0.25) is 0 Å². The Morgan fingerprint density at radius 1 is 0.726 bits per heavy atom. The van der Waals surface area contributed by atoms with Gasteiger partial charge in [0.05, 0.1) is 5.71 Å². The highest BCUT2D eigenvalue weighted by Gasteiger charge is 2.36. The number of anilines is 2. The van der Waals surface area contributed by atoms with Crippen molar-refractivity contribution in [2.45, 2.75) is 77.7 Å². The van der Waals surface area contributed by atoms with Crippen LogP contribution in [0.3, 0.4) is 0 Å². The number of rotatable bonds is 9. The third kappa shape index (κ3) is 7.25. The van der Waals surface area contributed by atoms with Crippen molar-refractivity contribution in [2.75, 3.05) is 55.6 Å². The maximum absolute atomic E-state index is 10.2. The van der Waals surface area contributed by atoms with Crippen molar-refractivity contribution < 1.29 is 5.11 Å². The summed E-state index contributed by atoms with van der Waals surface area (Å²) >= 11 is 1.82. The third-order valence-electron chi connectivity index (χ3n) is 15.1. The molecule has 3 fully saturated rings. The summed E-state index contributed by atoms with van der Waals surface area (Å²) in [6, 6.07) is 35.6. The van der Waals surface area contributed by atoms with Gasteiger partial charge in [-0.05, 0) is 155 Å². The average Bonchev–Trinajstić information content (AvgIpc) is 3.75. The highest BCUT2D eigenvalue weighted by Crippen LogP contribution is 2.47. The average molecular weight is 842 g/mol. The van der Waals surface area contributed by atoms with Crippen LogP contribution < -0.4 is 9.80 Å². The molecular weight excluding hydrogens is 783 g/mol. The molecule has 0 saturated carbocycles. The molecule has 0 bridgehead atoms. The van der Waals surface area contributed by atoms with Gasteiger partial charge in [0.25, 0.3) is 0 Å². The number of benzene rings is 4. The smallest absolute Gasteiger partial charge is 0.162 e. The molecule has 62 heavy (non-hydrogen) atoms. The molecule has 318 valence electrons. The van der Waals surface area contributed by atoms with Crippen molar-refractivity contribution in [3.05, 3.63) is 153 Å². The zero-order valence-corrected chi connectivity index (χ0v) is 37.5. The van der Waals surface area contributed by atoms with E-state index in [-0.39, 0.29) is 6.04 Å². The van der Waals surface area contributed by atoms with Crippen LogP contribution in [0.4, 0.5) is 11.4 Å². The Labute approximate surface area is 371 Å². The van der Waals surface area contributed by atoms with E-state index in [1.54, 1.807) is 0 Å². The molecule has 0 radical (unpaired) electrons. The van der Waals surface area contributed by atoms with Crippen LogP contribution >= 0.6 is 11.3 Å².